The molecule has 2 atom stereocenters. The highest BCUT2D eigenvalue weighted by Crippen LogP contribution is 2.27. The fourth-order valence-corrected chi connectivity index (χ4v) is 1.86. The van der Waals surface area contributed by atoms with Crippen molar-refractivity contribution in [3.8, 4) is 0 Å². The van der Waals surface area contributed by atoms with Gasteiger partial charge in [0.15, 0.2) is 0 Å². The summed E-state index contributed by atoms with van der Waals surface area (Å²) in [5, 5.41) is 9.66. The van der Waals surface area contributed by atoms with Crippen molar-refractivity contribution in [2.24, 2.45) is 5.92 Å². The molecule has 0 radical (unpaired) electrons. The largest absolute Gasteiger partial charge is 0.393 e. The Kier molecular flexibility index (Phi) is 3.13. The molecule has 0 bridgehead atoms. The molecule has 0 aromatic rings. The zero-order valence-corrected chi connectivity index (χ0v) is 7.34. The predicted octanol–water partition coefficient (Wildman–Crippen LogP) is 2.50. The minimum atomic E-state index is -0.116. The van der Waals surface area contributed by atoms with Crippen molar-refractivity contribution < 1.29 is 5.11 Å². The number of hydrogen-bond acceptors (Lipinski definition) is 1. The normalized spacial score (nSPS) is 32.9. The summed E-state index contributed by atoms with van der Waals surface area (Å²) in [5.74, 6) is 0.373. The Morgan fingerprint density at radius 1 is 1.27 bits per heavy atom. The van der Waals surface area contributed by atoms with E-state index < -0.39 is 0 Å². The lowest BCUT2D eigenvalue weighted by molar-refractivity contribution is 0.118. The molecular formula is C10H18O. The second kappa shape index (κ2) is 3.91. The van der Waals surface area contributed by atoms with Crippen LogP contribution in [0, 0.1) is 5.92 Å². The van der Waals surface area contributed by atoms with Gasteiger partial charge >= 0.3 is 0 Å². The van der Waals surface area contributed by atoms with Gasteiger partial charge in [-0.25, -0.2) is 0 Å². The van der Waals surface area contributed by atoms with Crippen molar-refractivity contribution in [1.29, 1.82) is 0 Å². The van der Waals surface area contributed by atoms with Crippen LogP contribution in [0.2, 0.25) is 0 Å². The van der Waals surface area contributed by atoms with Gasteiger partial charge in [0.2, 0.25) is 0 Å². The lowest BCUT2D eigenvalue weighted by atomic mass is 9.91. The Balaban J connectivity index is 2.52. The van der Waals surface area contributed by atoms with Gasteiger partial charge in [0.05, 0.1) is 6.10 Å². The average molecular weight is 154 g/mol. The topological polar surface area (TPSA) is 20.2 Å². The Hall–Kier alpha value is -0.300. The maximum absolute atomic E-state index is 9.66. The van der Waals surface area contributed by atoms with Gasteiger partial charge < -0.3 is 5.11 Å². The Bertz CT molecular complexity index is 140. The number of rotatable bonds is 1. The fraction of sp³-hybridized carbons (Fsp3) is 0.800. The zero-order chi connectivity index (χ0) is 8.27. The summed E-state index contributed by atoms with van der Waals surface area (Å²) in [6, 6.07) is 0. The predicted molar refractivity (Wildman–Crippen MR) is 47.4 cm³/mol. The van der Waals surface area contributed by atoms with Crippen LogP contribution in [-0.2, 0) is 0 Å². The number of hydrogen-bond donors (Lipinski definition) is 1. The summed E-state index contributed by atoms with van der Waals surface area (Å²) >= 11 is 0. The first-order valence-corrected chi connectivity index (χ1v) is 4.55. The lowest BCUT2D eigenvalue weighted by Crippen LogP contribution is -2.19. The van der Waals surface area contributed by atoms with Crippen LogP contribution in [-0.4, -0.2) is 11.2 Å². The number of aliphatic hydroxyl groups is 1. The van der Waals surface area contributed by atoms with E-state index in [1.807, 2.05) is 6.92 Å². The van der Waals surface area contributed by atoms with Crippen LogP contribution in [0.5, 0.6) is 0 Å². The summed E-state index contributed by atoms with van der Waals surface area (Å²) in [4.78, 5) is 0. The minimum Gasteiger partial charge on any atom is -0.393 e. The van der Waals surface area contributed by atoms with E-state index in [1.54, 1.807) is 0 Å². The molecule has 1 nitrogen and oxygen atoms in total. The van der Waals surface area contributed by atoms with Crippen LogP contribution in [0.4, 0.5) is 0 Å². The first kappa shape index (κ1) is 8.79. The van der Waals surface area contributed by atoms with Crippen molar-refractivity contribution in [3.05, 3.63) is 12.2 Å². The summed E-state index contributed by atoms with van der Waals surface area (Å²) in [5.41, 5.74) is 1.15. The third kappa shape index (κ3) is 2.33. The van der Waals surface area contributed by atoms with Crippen molar-refractivity contribution in [2.75, 3.05) is 0 Å². The van der Waals surface area contributed by atoms with Crippen LogP contribution in [0.15, 0.2) is 12.2 Å². The number of aliphatic hydroxyl groups excluding tert-OH is 1. The molecule has 1 heteroatoms. The van der Waals surface area contributed by atoms with E-state index in [2.05, 4.69) is 6.58 Å². The standard InChI is InChI=1S/C10H18O/c1-8(2)9-6-4-3-5-7-10(9)11/h9-11H,1,3-7H2,2H3. The van der Waals surface area contributed by atoms with E-state index in [0.29, 0.717) is 5.92 Å². The molecule has 0 aromatic carbocycles. The maximum Gasteiger partial charge on any atom is 0.0605 e. The van der Waals surface area contributed by atoms with Crippen molar-refractivity contribution in [1.82, 2.24) is 0 Å². The highest BCUT2D eigenvalue weighted by molar-refractivity contribution is 4.99. The van der Waals surface area contributed by atoms with E-state index in [1.165, 1.54) is 19.3 Å². The molecule has 0 heterocycles. The first-order valence-electron chi connectivity index (χ1n) is 4.55. The van der Waals surface area contributed by atoms with Gasteiger partial charge in [-0.3, -0.25) is 0 Å². The molecule has 1 saturated carbocycles. The van der Waals surface area contributed by atoms with E-state index in [4.69, 9.17) is 0 Å². The quantitative estimate of drug-likeness (QED) is 0.454. The second-order valence-corrected chi connectivity index (χ2v) is 3.66. The van der Waals surface area contributed by atoms with Crippen LogP contribution in [0.1, 0.15) is 39.0 Å². The molecule has 0 aromatic heterocycles. The maximum atomic E-state index is 9.66. The third-order valence-electron chi connectivity index (χ3n) is 2.61. The van der Waals surface area contributed by atoms with Gasteiger partial charge in [-0.1, -0.05) is 31.4 Å². The molecule has 1 fully saturated rings. The van der Waals surface area contributed by atoms with Crippen LogP contribution in [0.25, 0.3) is 0 Å². The SMILES string of the molecule is C=C(C)C1CCCCCC1O. The Morgan fingerprint density at radius 2 is 1.91 bits per heavy atom. The molecule has 1 aliphatic carbocycles. The van der Waals surface area contributed by atoms with Gasteiger partial charge in [-0.15, -0.1) is 0 Å². The van der Waals surface area contributed by atoms with Crippen LogP contribution < -0.4 is 0 Å². The van der Waals surface area contributed by atoms with Gasteiger partial charge in [-0.2, -0.15) is 0 Å². The summed E-state index contributed by atoms with van der Waals surface area (Å²) in [6.45, 7) is 5.94. The first-order chi connectivity index (χ1) is 5.22. The molecule has 0 spiro atoms. The zero-order valence-electron chi connectivity index (χ0n) is 7.34. The van der Waals surface area contributed by atoms with Crippen LogP contribution in [0.3, 0.4) is 0 Å². The summed E-state index contributed by atoms with van der Waals surface area (Å²) < 4.78 is 0. The molecule has 2 unspecified atom stereocenters. The van der Waals surface area contributed by atoms with Crippen LogP contribution >= 0.6 is 0 Å². The average Bonchev–Trinajstić information content (AvgIpc) is 2.13. The van der Waals surface area contributed by atoms with E-state index in [-0.39, 0.29) is 6.10 Å². The van der Waals surface area contributed by atoms with Crippen molar-refractivity contribution in [3.63, 3.8) is 0 Å². The van der Waals surface area contributed by atoms with Gasteiger partial charge in [0, 0.05) is 5.92 Å². The van der Waals surface area contributed by atoms with Crippen molar-refractivity contribution in [2.45, 2.75) is 45.1 Å². The molecular weight excluding hydrogens is 136 g/mol. The molecule has 1 rings (SSSR count). The monoisotopic (exact) mass is 154 g/mol. The lowest BCUT2D eigenvalue weighted by Gasteiger charge is -2.19. The molecule has 1 aliphatic rings. The van der Waals surface area contributed by atoms with Gasteiger partial charge in [0.25, 0.3) is 0 Å². The van der Waals surface area contributed by atoms with E-state index >= 15 is 0 Å². The van der Waals surface area contributed by atoms with E-state index in [9.17, 15) is 5.11 Å². The highest BCUT2D eigenvalue weighted by Gasteiger charge is 2.21. The molecule has 0 aliphatic heterocycles. The minimum absolute atomic E-state index is 0.116. The van der Waals surface area contributed by atoms with E-state index in [0.717, 1.165) is 18.4 Å². The molecule has 0 amide bonds. The molecule has 11 heavy (non-hydrogen) atoms. The molecule has 64 valence electrons. The summed E-state index contributed by atoms with van der Waals surface area (Å²) in [7, 11) is 0. The summed E-state index contributed by atoms with van der Waals surface area (Å²) in [6.07, 6.45) is 5.71. The Morgan fingerprint density at radius 3 is 2.55 bits per heavy atom. The van der Waals surface area contributed by atoms with Gasteiger partial charge in [-0.05, 0) is 19.8 Å². The fourth-order valence-electron chi connectivity index (χ4n) is 1.86. The molecule has 0 saturated heterocycles. The second-order valence-electron chi connectivity index (χ2n) is 3.66. The van der Waals surface area contributed by atoms with Gasteiger partial charge in [0.1, 0.15) is 0 Å². The highest BCUT2D eigenvalue weighted by atomic mass is 16.3. The van der Waals surface area contributed by atoms with Crippen molar-refractivity contribution >= 4 is 0 Å². The Labute approximate surface area is 69.1 Å². The third-order valence-corrected chi connectivity index (χ3v) is 2.61. The molecule has 1 N–H and O–H groups in total. The smallest absolute Gasteiger partial charge is 0.0605 e.